The first-order chi connectivity index (χ1) is 11.4. The summed E-state index contributed by atoms with van der Waals surface area (Å²) in [7, 11) is -1.37. The van der Waals surface area contributed by atoms with E-state index in [1.165, 1.54) is 11.8 Å². The number of hydrogen-bond acceptors (Lipinski definition) is 5. The molecule has 0 aromatic heterocycles. The van der Waals surface area contributed by atoms with Crippen LogP contribution in [0.4, 0.5) is 0 Å². The summed E-state index contributed by atoms with van der Waals surface area (Å²) in [5.41, 5.74) is 0.874. The van der Waals surface area contributed by atoms with E-state index >= 15 is 0 Å². The second kappa shape index (κ2) is 6.76. The maximum Gasteiger partial charge on any atom is 0.252 e. The lowest BCUT2D eigenvalue weighted by molar-refractivity contribution is -0.117. The van der Waals surface area contributed by atoms with Gasteiger partial charge in [-0.3, -0.25) is 4.79 Å². The van der Waals surface area contributed by atoms with Crippen LogP contribution >= 0.6 is 11.8 Å². The highest BCUT2D eigenvalue weighted by molar-refractivity contribution is 8.15. The molecular weight excluding hydrogens is 348 g/mol. The van der Waals surface area contributed by atoms with E-state index < -0.39 is 9.84 Å². The van der Waals surface area contributed by atoms with E-state index in [1.807, 2.05) is 36.1 Å². The molecule has 24 heavy (non-hydrogen) atoms. The highest BCUT2D eigenvalue weighted by atomic mass is 32.2. The van der Waals surface area contributed by atoms with Gasteiger partial charge in [0.2, 0.25) is 0 Å². The van der Waals surface area contributed by atoms with Crippen molar-refractivity contribution in [2.45, 2.75) is 24.6 Å². The van der Waals surface area contributed by atoms with Gasteiger partial charge in [-0.05, 0) is 24.6 Å². The molecule has 1 amide bonds. The average molecular weight is 368 g/mol. The van der Waals surface area contributed by atoms with E-state index in [4.69, 9.17) is 4.74 Å². The van der Waals surface area contributed by atoms with Crippen LogP contribution in [0.1, 0.15) is 12.5 Å². The zero-order valence-corrected chi connectivity index (χ0v) is 15.3. The van der Waals surface area contributed by atoms with Crippen LogP contribution in [0.15, 0.2) is 29.3 Å². The molecule has 6 nitrogen and oxygen atoms in total. The number of amides is 1. The molecule has 0 saturated carbocycles. The molecule has 0 unspecified atom stereocenters. The Morgan fingerprint density at radius 3 is 2.67 bits per heavy atom. The molecule has 3 rings (SSSR count). The Bertz CT molecular complexity index is 759. The molecule has 1 aromatic rings. The molecule has 0 N–H and O–H groups in total. The van der Waals surface area contributed by atoms with Gasteiger partial charge in [-0.2, -0.15) is 4.99 Å². The zero-order valence-electron chi connectivity index (χ0n) is 13.6. The second-order valence-electron chi connectivity index (χ2n) is 5.90. The van der Waals surface area contributed by atoms with Gasteiger partial charge in [0, 0.05) is 11.8 Å². The Kier molecular flexibility index (Phi) is 4.87. The molecule has 2 aliphatic heterocycles. The number of ether oxygens (including phenoxy) is 1. The number of methoxy groups -OCH3 is 1. The van der Waals surface area contributed by atoms with Crippen LogP contribution in [0, 0.1) is 0 Å². The normalized spacial score (nSPS) is 26.6. The number of benzene rings is 1. The summed E-state index contributed by atoms with van der Waals surface area (Å²) in [6.07, 6.45) is 0.221. The van der Waals surface area contributed by atoms with Gasteiger partial charge in [0.25, 0.3) is 5.91 Å². The number of rotatable bonds is 4. The third-order valence-corrected chi connectivity index (χ3v) is 7.50. The van der Waals surface area contributed by atoms with Gasteiger partial charge in [0.05, 0.1) is 31.1 Å². The maximum atomic E-state index is 12.3. The van der Waals surface area contributed by atoms with Gasteiger partial charge in [-0.25, -0.2) is 8.42 Å². The predicted octanol–water partition coefficient (Wildman–Crippen LogP) is 1.35. The molecule has 2 heterocycles. The van der Waals surface area contributed by atoms with E-state index in [1.54, 1.807) is 7.11 Å². The van der Waals surface area contributed by atoms with Crippen LogP contribution in [-0.2, 0) is 21.1 Å². The molecular formula is C16H20N2O4S2. The number of sulfone groups is 1. The van der Waals surface area contributed by atoms with Crippen molar-refractivity contribution in [3.63, 3.8) is 0 Å². The van der Waals surface area contributed by atoms with Crippen LogP contribution in [0.2, 0.25) is 0 Å². The lowest BCUT2D eigenvalue weighted by atomic mass is 10.1. The lowest BCUT2D eigenvalue weighted by Crippen LogP contribution is -2.37. The van der Waals surface area contributed by atoms with Crippen LogP contribution < -0.4 is 4.74 Å². The van der Waals surface area contributed by atoms with Gasteiger partial charge in [0.15, 0.2) is 15.0 Å². The Morgan fingerprint density at radius 1 is 1.33 bits per heavy atom. The summed E-state index contributed by atoms with van der Waals surface area (Å²) >= 11 is 1.42. The highest BCUT2D eigenvalue weighted by Gasteiger charge is 2.48. The smallest absolute Gasteiger partial charge is 0.252 e. The van der Waals surface area contributed by atoms with Crippen molar-refractivity contribution in [1.29, 1.82) is 0 Å². The first-order valence-corrected chi connectivity index (χ1v) is 10.5. The van der Waals surface area contributed by atoms with Crippen molar-refractivity contribution >= 4 is 32.7 Å². The summed E-state index contributed by atoms with van der Waals surface area (Å²) < 4.78 is 28.6. The van der Waals surface area contributed by atoms with Crippen molar-refractivity contribution in [3.8, 4) is 5.75 Å². The number of thioether (sulfide) groups is 1. The number of carbonyl (C=O) groups is 1. The molecule has 1 aromatic carbocycles. The van der Waals surface area contributed by atoms with E-state index in [2.05, 4.69) is 4.99 Å². The fraction of sp³-hybridized carbons (Fsp3) is 0.500. The minimum Gasteiger partial charge on any atom is -0.497 e. The summed E-state index contributed by atoms with van der Waals surface area (Å²) in [5, 5.41) is 0.642. The Labute approximate surface area is 146 Å². The van der Waals surface area contributed by atoms with Crippen LogP contribution in [0.5, 0.6) is 5.75 Å². The number of hydrogen-bond donors (Lipinski definition) is 0. The summed E-state index contributed by atoms with van der Waals surface area (Å²) in [5.74, 6) is 0.855. The zero-order chi connectivity index (χ0) is 17.3. The van der Waals surface area contributed by atoms with Crippen molar-refractivity contribution in [1.82, 2.24) is 4.90 Å². The molecule has 2 aliphatic rings. The first-order valence-electron chi connectivity index (χ1n) is 7.80. The van der Waals surface area contributed by atoms with Crippen molar-refractivity contribution in [2.75, 3.05) is 25.2 Å². The van der Waals surface area contributed by atoms with Gasteiger partial charge in [-0.15, -0.1) is 0 Å². The minimum atomic E-state index is -2.97. The lowest BCUT2D eigenvalue weighted by Gasteiger charge is -2.22. The predicted molar refractivity (Wildman–Crippen MR) is 95.3 cm³/mol. The fourth-order valence-electron chi connectivity index (χ4n) is 3.07. The largest absolute Gasteiger partial charge is 0.497 e. The summed E-state index contributed by atoms with van der Waals surface area (Å²) in [4.78, 5) is 18.4. The van der Waals surface area contributed by atoms with Gasteiger partial charge in [0.1, 0.15) is 5.75 Å². The number of nitrogens with zero attached hydrogens (tertiary/aromatic N) is 2. The van der Waals surface area contributed by atoms with Crippen LogP contribution in [0.25, 0.3) is 0 Å². The van der Waals surface area contributed by atoms with Crippen LogP contribution in [0.3, 0.4) is 0 Å². The van der Waals surface area contributed by atoms with Gasteiger partial charge >= 0.3 is 0 Å². The Morgan fingerprint density at radius 2 is 2.04 bits per heavy atom. The molecule has 2 fully saturated rings. The third-order valence-electron chi connectivity index (χ3n) is 4.25. The van der Waals surface area contributed by atoms with E-state index in [-0.39, 0.29) is 35.1 Å². The minimum absolute atomic E-state index is 0.0116. The fourth-order valence-corrected chi connectivity index (χ4v) is 7.10. The van der Waals surface area contributed by atoms with Crippen molar-refractivity contribution < 1.29 is 17.9 Å². The third kappa shape index (κ3) is 3.59. The standard InChI is InChI=1S/C16H20N2O4S2/c1-3-18-13-9-24(20,21)10-14(13)23-16(18)17-15(19)8-11-4-6-12(22-2)7-5-11/h4-7,13-14H,3,8-10H2,1-2H3/t13-,14+/m0/s1. The molecule has 8 heteroatoms. The molecule has 2 saturated heterocycles. The van der Waals surface area contributed by atoms with Gasteiger partial charge < -0.3 is 9.64 Å². The average Bonchev–Trinajstić information content (AvgIpc) is 2.98. The van der Waals surface area contributed by atoms with Gasteiger partial charge in [-0.1, -0.05) is 23.9 Å². The quantitative estimate of drug-likeness (QED) is 0.799. The first kappa shape index (κ1) is 17.3. The number of fused-ring (bicyclic) bond motifs is 1. The van der Waals surface area contributed by atoms with E-state index in [9.17, 15) is 13.2 Å². The summed E-state index contributed by atoms with van der Waals surface area (Å²) in [6, 6.07) is 7.26. The Balaban J connectivity index is 1.70. The van der Waals surface area contributed by atoms with Crippen molar-refractivity contribution in [2.24, 2.45) is 4.99 Å². The molecule has 0 spiro atoms. The molecule has 130 valence electrons. The number of carbonyl (C=O) groups excluding carboxylic acids is 1. The maximum absolute atomic E-state index is 12.3. The second-order valence-corrected chi connectivity index (χ2v) is 9.26. The Hall–Kier alpha value is -1.54. The molecule has 0 aliphatic carbocycles. The SMILES string of the molecule is CCN1C(=NC(=O)Cc2ccc(OC)cc2)S[C@@H]2CS(=O)(=O)C[C@@H]21. The molecule has 2 atom stereocenters. The molecule has 0 radical (unpaired) electrons. The topological polar surface area (TPSA) is 76.0 Å². The van der Waals surface area contributed by atoms with Crippen molar-refractivity contribution in [3.05, 3.63) is 29.8 Å². The highest BCUT2D eigenvalue weighted by Crippen LogP contribution is 2.37. The summed E-state index contributed by atoms with van der Waals surface area (Å²) in [6.45, 7) is 2.61. The monoisotopic (exact) mass is 368 g/mol. The van der Waals surface area contributed by atoms with E-state index in [0.29, 0.717) is 11.7 Å². The number of amidine groups is 1. The number of aliphatic imine (C=N–C) groups is 1. The molecule has 0 bridgehead atoms. The van der Waals surface area contributed by atoms with E-state index in [0.717, 1.165) is 11.3 Å². The van der Waals surface area contributed by atoms with Crippen LogP contribution in [-0.4, -0.2) is 60.8 Å².